The van der Waals surface area contributed by atoms with E-state index < -0.39 is 5.63 Å². The Morgan fingerprint density at radius 3 is 3.00 bits per heavy atom. The van der Waals surface area contributed by atoms with Crippen LogP contribution in [0.2, 0.25) is 0 Å². The van der Waals surface area contributed by atoms with Crippen LogP contribution in [0, 0.1) is 6.92 Å². The SMILES string of the molecule is COc1ccc2c(C)c(CC(=O)N3CCn4cncc4C3)c(=O)oc2c1. The van der Waals surface area contributed by atoms with Crippen LogP contribution in [0.1, 0.15) is 16.8 Å². The minimum absolute atomic E-state index is 0.0320. The van der Waals surface area contributed by atoms with Crippen molar-refractivity contribution in [1.82, 2.24) is 14.5 Å². The number of aryl methyl sites for hydroxylation is 1. The van der Waals surface area contributed by atoms with Crippen LogP contribution in [0.15, 0.2) is 39.9 Å². The second kappa shape index (κ2) is 6.33. The lowest BCUT2D eigenvalue weighted by atomic mass is 10.0. The predicted molar refractivity (Wildman–Crippen MR) is 95.1 cm³/mol. The van der Waals surface area contributed by atoms with Gasteiger partial charge >= 0.3 is 5.63 Å². The normalized spacial score (nSPS) is 13.7. The molecule has 0 saturated heterocycles. The molecule has 7 heteroatoms. The van der Waals surface area contributed by atoms with Gasteiger partial charge < -0.3 is 18.6 Å². The Balaban J connectivity index is 1.63. The van der Waals surface area contributed by atoms with Crippen molar-refractivity contribution in [2.24, 2.45) is 0 Å². The molecule has 1 amide bonds. The number of aromatic nitrogens is 2. The van der Waals surface area contributed by atoms with Crippen molar-refractivity contribution in [3.8, 4) is 5.75 Å². The summed E-state index contributed by atoms with van der Waals surface area (Å²) in [6.07, 6.45) is 3.57. The summed E-state index contributed by atoms with van der Waals surface area (Å²) < 4.78 is 12.6. The molecule has 7 nitrogen and oxygen atoms in total. The Labute approximate surface area is 149 Å². The van der Waals surface area contributed by atoms with Gasteiger partial charge in [0, 0.05) is 30.7 Å². The average molecular weight is 353 g/mol. The molecule has 0 radical (unpaired) electrons. The Morgan fingerprint density at radius 2 is 2.19 bits per heavy atom. The van der Waals surface area contributed by atoms with Gasteiger partial charge in [-0.15, -0.1) is 0 Å². The van der Waals surface area contributed by atoms with Crippen LogP contribution in [0.3, 0.4) is 0 Å². The number of methoxy groups -OCH3 is 1. The number of imidazole rings is 1. The maximum atomic E-state index is 12.7. The highest BCUT2D eigenvalue weighted by molar-refractivity contribution is 5.85. The number of fused-ring (bicyclic) bond motifs is 2. The summed E-state index contributed by atoms with van der Waals surface area (Å²) in [4.78, 5) is 31.0. The summed E-state index contributed by atoms with van der Waals surface area (Å²) in [5.74, 6) is 0.537. The Bertz CT molecular complexity index is 1050. The van der Waals surface area contributed by atoms with Crippen LogP contribution in [0.5, 0.6) is 5.75 Å². The molecule has 0 unspecified atom stereocenters. The molecule has 134 valence electrons. The van der Waals surface area contributed by atoms with E-state index in [1.807, 2.05) is 23.6 Å². The van der Waals surface area contributed by atoms with E-state index in [2.05, 4.69) is 4.98 Å². The molecular weight excluding hydrogens is 334 g/mol. The highest BCUT2D eigenvalue weighted by Crippen LogP contribution is 2.24. The molecule has 26 heavy (non-hydrogen) atoms. The van der Waals surface area contributed by atoms with Gasteiger partial charge in [-0.3, -0.25) is 4.79 Å². The second-order valence-corrected chi connectivity index (χ2v) is 6.43. The molecule has 0 atom stereocenters. The number of carbonyl (C=O) groups excluding carboxylic acids is 1. The fourth-order valence-electron chi connectivity index (χ4n) is 3.37. The molecule has 0 aliphatic carbocycles. The van der Waals surface area contributed by atoms with Crippen LogP contribution >= 0.6 is 0 Å². The van der Waals surface area contributed by atoms with Gasteiger partial charge in [0.15, 0.2) is 0 Å². The van der Waals surface area contributed by atoms with E-state index in [1.54, 1.807) is 30.6 Å². The predicted octanol–water partition coefficient (Wildman–Crippen LogP) is 1.89. The summed E-state index contributed by atoms with van der Waals surface area (Å²) in [5.41, 5.74) is 2.17. The first-order chi connectivity index (χ1) is 12.6. The van der Waals surface area contributed by atoms with E-state index in [9.17, 15) is 9.59 Å². The molecule has 0 fully saturated rings. The van der Waals surface area contributed by atoms with Crippen molar-refractivity contribution in [3.05, 3.63) is 58.0 Å². The molecule has 0 saturated carbocycles. The lowest BCUT2D eigenvalue weighted by Gasteiger charge is -2.28. The quantitative estimate of drug-likeness (QED) is 0.672. The largest absolute Gasteiger partial charge is 0.497 e. The summed E-state index contributed by atoms with van der Waals surface area (Å²) in [6.45, 7) is 3.68. The molecular formula is C19H19N3O4. The number of nitrogens with zero attached hydrogens (tertiary/aromatic N) is 3. The van der Waals surface area contributed by atoms with Crippen LogP contribution in [0.25, 0.3) is 11.0 Å². The Hall–Kier alpha value is -3.09. The van der Waals surface area contributed by atoms with Gasteiger partial charge in [-0.05, 0) is 24.6 Å². The standard InChI is InChI=1S/C19H19N3O4/c1-12-15-4-3-14(25-2)7-17(15)26-19(24)16(12)8-18(23)21-5-6-22-11-20-9-13(22)10-21/h3-4,7,9,11H,5-6,8,10H2,1-2H3. The summed E-state index contributed by atoms with van der Waals surface area (Å²) in [6, 6.07) is 5.34. The fourth-order valence-corrected chi connectivity index (χ4v) is 3.37. The van der Waals surface area contributed by atoms with E-state index in [4.69, 9.17) is 9.15 Å². The lowest BCUT2D eigenvalue weighted by Crippen LogP contribution is -2.39. The third kappa shape index (κ3) is 2.75. The topological polar surface area (TPSA) is 77.6 Å². The molecule has 0 bridgehead atoms. The number of hydrogen-bond acceptors (Lipinski definition) is 5. The smallest absolute Gasteiger partial charge is 0.340 e. The van der Waals surface area contributed by atoms with Gasteiger partial charge in [-0.25, -0.2) is 9.78 Å². The molecule has 0 spiro atoms. The van der Waals surface area contributed by atoms with Gasteiger partial charge in [0.1, 0.15) is 11.3 Å². The lowest BCUT2D eigenvalue weighted by molar-refractivity contribution is -0.131. The first-order valence-electron chi connectivity index (χ1n) is 8.44. The summed E-state index contributed by atoms with van der Waals surface area (Å²) in [7, 11) is 1.56. The monoisotopic (exact) mass is 353 g/mol. The Kier molecular flexibility index (Phi) is 3.99. The molecule has 3 heterocycles. The highest BCUT2D eigenvalue weighted by Gasteiger charge is 2.23. The third-order valence-corrected chi connectivity index (χ3v) is 4.94. The molecule has 1 aromatic carbocycles. The van der Waals surface area contributed by atoms with Crippen LogP contribution in [-0.4, -0.2) is 34.0 Å². The van der Waals surface area contributed by atoms with Gasteiger partial charge in [-0.1, -0.05) is 0 Å². The van der Waals surface area contributed by atoms with Gasteiger partial charge in [0.2, 0.25) is 5.91 Å². The van der Waals surface area contributed by atoms with E-state index in [-0.39, 0.29) is 12.3 Å². The molecule has 1 aliphatic heterocycles. The molecule has 0 N–H and O–H groups in total. The zero-order valence-corrected chi connectivity index (χ0v) is 14.7. The number of carbonyl (C=O) groups is 1. The van der Waals surface area contributed by atoms with Gasteiger partial charge in [0.25, 0.3) is 0 Å². The van der Waals surface area contributed by atoms with Crippen molar-refractivity contribution in [3.63, 3.8) is 0 Å². The number of hydrogen-bond donors (Lipinski definition) is 0. The third-order valence-electron chi connectivity index (χ3n) is 4.94. The number of ether oxygens (including phenoxy) is 1. The maximum absolute atomic E-state index is 12.7. The minimum atomic E-state index is -0.473. The van der Waals surface area contributed by atoms with Crippen LogP contribution < -0.4 is 10.4 Å². The first-order valence-corrected chi connectivity index (χ1v) is 8.44. The molecule has 4 rings (SSSR count). The van der Waals surface area contributed by atoms with Gasteiger partial charge in [-0.2, -0.15) is 0 Å². The van der Waals surface area contributed by atoms with Crippen molar-refractivity contribution in [1.29, 1.82) is 0 Å². The van der Waals surface area contributed by atoms with Crippen molar-refractivity contribution in [2.45, 2.75) is 26.4 Å². The zero-order valence-electron chi connectivity index (χ0n) is 14.7. The molecule has 1 aliphatic rings. The zero-order chi connectivity index (χ0) is 18.3. The minimum Gasteiger partial charge on any atom is -0.497 e. The van der Waals surface area contributed by atoms with Gasteiger partial charge in [0.05, 0.1) is 37.7 Å². The number of benzene rings is 1. The summed E-state index contributed by atoms with van der Waals surface area (Å²) >= 11 is 0. The number of rotatable bonds is 3. The van der Waals surface area contributed by atoms with E-state index in [0.29, 0.717) is 36.5 Å². The van der Waals surface area contributed by atoms with E-state index in [0.717, 1.165) is 16.6 Å². The molecule has 3 aromatic rings. The van der Waals surface area contributed by atoms with Crippen LogP contribution in [0.4, 0.5) is 0 Å². The maximum Gasteiger partial charge on any atom is 0.340 e. The second-order valence-electron chi connectivity index (χ2n) is 6.43. The van der Waals surface area contributed by atoms with Crippen LogP contribution in [-0.2, 0) is 24.3 Å². The summed E-state index contributed by atoms with van der Waals surface area (Å²) in [5, 5.41) is 0.810. The van der Waals surface area contributed by atoms with Crippen molar-refractivity contribution >= 4 is 16.9 Å². The average Bonchev–Trinajstić information content (AvgIpc) is 3.12. The van der Waals surface area contributed by atoms with E-state index in [1.165, 1.54) is 0 Å². The van der Waals surface area contributed by atoms with E-state index >= 15 is 0 Å². The Morgan fingerprint density at radius 1 is 1.35 bits per heavy atom. The van der Waals surface area contributed by atoms with Crippen molar-refractivity contribution < 1.29 is 13.9 Å². The van der Waals surface area contributed by atoms with Crippen molar-refractivity contribution in [2.75, 3.05) is 13.7 Å². The molecule has 2 aromatic heterocycles. The number of amides is 1. The first kappa shape index (κ1) is 16.4. The highest BCUT2D eigenvalue weighted by atomic mass is 16.5. The fraction of sp³-hybridized carbons (Fsp3) is 0.316.